The number of rotatable bonds is 5. The number of benzene rings is 1. The van der Waals surface area contributed by atoms with E-state index in [4.69, 9.17) is 5.73 Å². The van der Waals surface area contributed by atoms with Crippen molar-refractivity contribution in [3.63, 3.8) is 0 Å². The van der Waals surface area contributed by atoms with E-state index in [2.05, 4.69) is 29.5 Å². The van der Waals surface area contributed by atoms with Crippen LogP contribution in [0.15, 0.2) is 29.3 Å². The maximum Gasteiger partial charge on any atom is 0.196 e. The van der Waals surface area contributed by atoms with Crippen LogP contribution in [0.1, 0.15) is 46.0 Å². The first-order chi connectivity index (χ1) is 11.0. The first-order valence-electron chi connectivity index (χ1n) is 8.63. The van der Waals surface area contributed by atoms with Crippen molar-refractivity contribution in [3.8, 4) is 0 Å². The molecular weight excluding hydrogens is 291 g/mol. The van der Waals surface area contributed by atoms with E-state index in [1.807, 2.05) is 6.07 Å². The van der Waals surface area contributed by atoms with Crippen LogP contribution in [0.2, 0.25) is 0 Å². The summed E-state index contributed by atoms with van der Waals surface area (Å²) < 4.78 is 13.4. The zero-order valence-corrected chi connectivity index (χ0v) is 14.2. The fourth-order valence-corrected chi connectivity index (χ4v) is 2.77. The molecule has 0 aromatic heterocycles. The molecule has 2 rings (SSSR count). The fourth-order valence-electron chi connectivity index (χ4n) is 2.77. The van der Waals surface area contributed by atoms with Gasteiger partial charge in [0, 0.05) is 24.3 Å². The van der Waals surface area contributed by atoms with Crippen LogP contribution in [0.4, 0.5) is 10.1 Å². The van der Waals surface area contributed by atoms with Gasteiger partial charge in [-0.2, -0.15) is 0 Å². The lowest BCUT2D eigenvalue weighted by molar-refractivity contribution is 0.360. The molecule has 1 fully saturated rings. The lowest BCUT2D eigenvalue weighted by Crippen LogP contribution is -2.51. The zero-order valence-electron chi connectivity index (χ0n) is 14.2. The Labute approximate surface area is 138 Å². The van der Waals surface area contributed by atoms with E-state index in [0.29, 0.717) is 17.6 Å². The van der Waals surface area contributed by atoms with Crippen LogP contribution in [-0.4, -0.2) is 24.6 Å². The molecule has 23 heavy (non-hydrogen) atoms. The molecule has 1 aliphatic rings. The molecule has 4 N–H and O–H groups in total. The highest BCUT2D eigenvalue weighted by atomic mass is 19.1. The van der Waals surface area contributed by atoms with E-state index in [1.165, 1.54) is 25.0 Å². The van der Waals surface area contributed by atoms with Crippen LogP contribution in [0.25, 0.3) is 0 Å². The second kappa shape index (κ2) is 8.87. The van der Waals surface area contributed by atoms with Crippen molar-refractivity contribution < 1.29 is 4.39 Å². The van der Waals surface area contributed by atoms with Gasteiger partial charge >= 0.3 is 0 Å². The lowest BCUT2D eigenvalue weighted by Gasteiger charge is -2.30. The second-order valence-corrected chi connectivity index (χ2v) is 6.75. The molecule has 5 heteroatoms. The SMILES string of the molecule is CC(C)CCN=C(Nc1cccc(F)c1)N[C@H]1CCCC[C@@H]1N. The topological polar surface area (TPSA) is 62.4 Å². The maximum atomic E-state index is 13.4. The van der Waals surface area contributed by atoms with E-state index in [0.717, 1.165) is 25.8 Å². The molecular formula is C18H29FN4. The van der Waals surface area contributed by atoms with Crippen LogP contribution in [-0.2, 0) is 0 Å². The Morgan fingerprint density at radius 3 is 2.83 bits per heavy atom. The van der Waals surface area contributed by atoms with Crippen molar-refractivity contribution in [3.05, 3.63) is 30.1 Å². The van der Waals surface area contributed by atoms with Gasteiger partial charge in [-0.3, -0.25) is 4.99 Å². The van der Waals surface area contributed by atoms with E-state index in [-0.39, 0.29) is 17.9 Å². The lowest BCUT2D eigenvalue weighted by atomic mass is 9.91. The Hall–Kier alpha value is -1.62. The van der Waals surface area contributed by atoms with Crippen molar-refractivity contribution in [1.29, 1.82) is 0 Å². The van der Waals surface area contributed by atoms with Crippen LogP contribution in [0.3, 0.4) is 0 Å². The standard InChI is InChI=1S/C18H29FN4/c1-13(2)10-11-21-18(22-15-7-5-6-14(19)12-15)23-17-9-4-3-8-16(17)20/h5-7,12-13,16-17H,3-4,8-11,20H2,1-2H3,(H2,21,22,23)/t16-,17-/m0/s1. The molecule has 128 valence electrons. The van der Waals surface area contributed by atoms with Gasteiger partial charge in [-0.25, -0.2) is 4.39 Å². The summed E-state index contributed by atoms with van der Waals surface area (Å²) in [6, 6.07) is 6.81. The van der Waals surface area contributed by atoms with Gasteiger partial charge in [-0.1, -0.05) is 32.8 Å². The highest BCUT2D eigenvalue weighted by Gasteiger charge is 2.22. The number of halogens is 1. The summed E-state index contributed by atoms with van der Waals surface area (Å²) in [6.07, 6.45) is 5.49. The average Bonchev–Trinajstić information content (AvgIpc) is 2.49. The maximum absolute atomic E-state index is 13.4. The van der Waals surface area contributed by atoms with Crippen molar-refractivity contribution in [2.24, 2.45) is 16.6 Å². The van der Waals surface area contributed by atoms with Crippen LogP contribution in [0.5, 0.6) is 0 Å². The van der Waals surface area contributed by atoms with Gasteiger partial charge in [-0.05, 0) is 43.4 Å². The molecule has 1 aliphatic carbocycles. The first kappa shape index (κ1) is 17.7. The van der Waals surface area contributed by atoms with Crippen molar-refractivity contribution >= 4 is 11.6 Å². The smallest absolute Gasteiger partial charge is 0.196 e. The molecule has 2 atom stereocenters. The predicted octanol–water partition coefficient (Wildman–Crippen LogP) is 3.50. The zero-order chi connectivity index (χ0) is 16.7. The van der Waals surface area contributed by atoms with E-state index in [9.17, 15) is 4.39 Å². The van der Waals surface area contributed by atoms with Crippen molar-refractivity contribution in [1.82, 2.24) is 5.32 Å². The molecule has 0 radical (unpaired) electrons. The third kappa shape index (κ3) is 6.18. The minimum atomic E-state index is -0.258. The van der Waals surface area contributed by atoms with Crippen LogP contribution in [0, 0.1) is 11.7 Å². The van der Waals surface area contributed by atoms with Crippen molar-refractivity contribution in [2.45, 2.75) is 58.0 Å². The first-order valence-corrected chi connectivity index (χ1v) is 8.63. The van der Waals surface area contributed by atoms with Gasteiger partial charge in [-0.15, -0.1) is 0 Å². The molecule has 4 nitrogen and oxygen atoms in total. The van der Waals surface area contributed by atoms with Gasteiger partial charge in [0.25, 0.3) is 0 Å². The average molecular weight is 320 g/mol. The second-order valence-electron chi connectivity index (χ2n) is 6.75. The Kier molecular flexibility index (Phi) is 6.84. The molecule has 0 unspecified atom stereocenters. The number of anilines is 1. The Balaban J connectivity index is 2.04. The number of aliphatic imine (C=N–C) groups is 1. The summed E-state index contributed by atoms with van der Waals surface area (Å²) in [6.45, 7) is 5.10. The third-order valence-corrected chi connectivity index (χ3v) is 4.21. The number of nitrogens with zero attached hydrogens (tertiary/aromatic N) is 1. The van der Waals surface area contributed by atoms with Crippen LogP contribution >= 0.6 is 0 Å². The number of nitrogens with two attached hydrogens (primary N) is 1. The Morgan fingerprint density at radius 2 is 2.13 bits per heavy atom. The van der Waals surface area contributed by atoms with Gasteiger partial charge in [0.2, 0.25) is 0 Å². The summed E-state index contributed by atoms with van der Waals surface area (Å²) in [7, 11) is 0. The van der Waals surface area contributed by atoms with E-state index in [1.54, 1.807) is 6.07 Å². The molecule has 1 aromatic carbocycles. The molecule has 0 aliphatic heterocycles. The molecule has 0 spiro atoms. The van der Waals surface area contributed by atoms with Gasteiger partial charge in [0.05, 0.1) is 0 Å². The minimum Gasteiger partial charge on any atom is -0.352 e. The highest BCUT2D eigenvalue weighted by Crippen LogP contribution is 2.17. The monoisotopic (exact) mass is 320 g/mol. The normalized spacial score (nSPS) is 22.2. The summed E-state index contributed by atoms with van der Waals surface area (Å²) in [5.41, 5.74) is 6.92. The van der Waals surface area contributed by atoms with Gasteiger partial charge in [0.15, 0.2) is 5.96 Å². The Morgan fingerprint density at radius 1 is 1.35 bits per heavy atom. The molecule has 0 heterocycles. The van der Waals surface area contributed by atoms with Gasteiger partial charge in [0.1, 0.15) is 5.82 Å². The molecule has 1 aromatic rings. The summed E-state index contributed by atoms with van der Waals surface area (Å²) in [4.78, 5) is 4.63. The molecule has 0 amide bonds. The number of hydrogen-bond donors (Lipinski definition) is 3. The highest BCUT2D eigenvalue weighted by molar-refractivity contribution is 5.93. The molecule has 0 saturated heterocycles. The van der Waals surface area contributed by atoms with E-state index >= 15 is 0 Å². The minimum absolute atomic E-state index is 0.147. The number of nitrogens with one attached hydrogen (secondary N) is 2. The summed E-state index contributed by atoms with van der Waals surface area (Å²) in [5.74, 6) is 1.04. The quantitative estimate of drug-likeness (QED) is 0.575. The Bertz CT molecular complexity index is 515. The van der Waals surface area contributed by atoms with Crippen LogP contribution < -0.4 is 16.4 Å². The molecule has 0 bridgehead atoms. The third-order valence-electron chi connectivity index (χ3n) is 4.21. The summed E-state index contributed by atoms with van der Waals surface area (Å²) >= 11 is 0. The van der Waals surface area contributed by atoms with E-state index < -0.39 is 0 Å². The predicted molar refractivity (Wildman–Crippen MR) is 95.1 cm³/mol. The number of guanidine groups is 1. The largest absolute Gasteiger partial charge is 0.352 e. The van der Waals surface area contributed by atoms with Gasteiger partial charge < -0.3 is 16.4 Å². The van der Waals surface area contributed by atoms with Crippen molar-refractivity contribution in [2.75, 3.05) is 11.9 Å². The molecule has 1 saturated carbocycles. The fraction of sp³-hybridized carbons (Fsp3) is 0.611. The number of hydrogen-bond acceptors (Lipinski definition) is 2. The summed E-state index contributed by atoms with van der Waals surface area (Å²) in [5, 5.41) is 6.64.